The predicted octanol–water partition coefficient (Wildman–Crippen LogP) is 3.32. The second kappa shape index (κ2) is 8.02. The van der Waals surface area contributed by atoms with E-state index in [2.05, 4.69) is 5.32 Å². The van der Waals surface area contributed by atoms with Crippen molar-refractivity contribution >= 4 is 40.2 Å². The van der Waals surface area contributed by atoms with Crippen LogP contribution in [0.1, 0.15) is 44.9 Å². The van der Waals surface area contributed by atoms with Crippen LogP contribution < -0.4 is 10.2 Å². The molecule has 0 spiro atoms. The van der Waals surface area contributed by atoms with Gasteiger partial charge >= 0.3 is 5.97 Å². The van der Waals surface area contributed by atoms with Gasteiger partial charge in [-0.15, -0.1) is 0 Å². The third-order valence-corrected chi connectivity index (χ3v) is 5.14. The molecule has 31 heavy (non-hydrogen) atoms. The number of amides is 3. The summed E-state index contributed by atoms with van der Waals surface area (Å²) >= 11 is 0. The van der Waals surface area contributed by atoms with Crippen molar-refractivity contribution in [1.82, 2.24) is 5.32 Å². The van der Waals surface area contributed by atoms with Crippen molar-refractivity contribution in [1.29, 1.82) is 0 Å². The van der Waals surface area contributed by atoms with Crippen LogP contribution in [0.25, 0.3) is 10.8 Å². The summed E-state index contributed by atoms with van der Waals surface area (Å²) in [6.07, 6.45) is -0.936. The van der Waals surface area contributed by atoms with Gasteiger partial charge in [-0.2, -0.15) is 0 Å². The highest BCUT2D eigenvalue weighted by atomic mass is 16.5. The van der Waals surface area contributed by atoms with E-state index in [-0.39, 0.29) is 11.5 Å². The van der Waals surface area contributed by atoms with Crippen LogP contribution in [0.4, 0.5) is 5.69 Å². The Balaban J connectivity index is 1.60. The normalized spacial score (nSPS) is 13.8. The van der Waals surface area contributed by atoms with Crippen molar-refractivity contribution in [2.75, 3.05) is 11.4 Å². The fourth-order valence-corrected chi connectivity index (χ4v) is 3.61. The van der Waals surface area contributed by atoms with Gasteiger partial charge in [0.15, 0.2) is 6.10 Å². The lowest BCUT2D eigenvalue weighted by atomic mass is 9.94. The lowest BCUT2D eigenvalue weighted by Gasteiger charge is -2.27. The number of ether oxygens (including phenoxy) is 1. The maximum absolute atomic E-state index is 13.1. The minimum Gasteiger partial charge on any atom is -0.449 e. The summed E-state index contributed by atoms with van der Waals surface area (Å²) in [5.41, 5.74) is 1.45. The van der Waals surface area contributed by atoms with Crippen LogP contribution in [0, 0.1) is 0 Å². The van der Waals surface area contributed by atoms with Gasteiger partial charge in [-0.3, -0.25) is 14.4 Å². The second-order valence-electron chi connectivity index (χ2n) is 7.14. The van der Waals surface area contributed by atoms with Crippen LogP contribution in [0.5, 0.6) is 0 Å². The molecule has 0 saturated heterocycles. The molecule has 0 saturated carbocycles. The van der Waals surface area contributed by atoms with E-state index in [1.807, 2.05) is 12.1 Å². The third kappa shape index (κ3) is 3.54. The number of benzene rings is 3. The number of imide groups is 1. The smallest absolute Gasteiger partial charge is 0.338 e. The van der Waals surface area contributed by atoms with E-state index >= 15 is 0 Å². The van der Waals surface area contributed by atoms with Crippen molar-refractivity contribution in [3.8, 4) is 0 Å². The second-order valence-corrected chi connectivity index (χ2v) is 7.14. The van der Waals surface area contributed by atoms with E-state index < -0.39 is 23.9 Å². The van der Waals surface area contributed by atoms with Gasteiger partial charge in [-0.05, 0) is 55.6 Å². The number of rotatable bonds is 5. The molecule has 7 heteroatoms. The lowest BCUT2D eigenvalue weighted by molar-refractivity contribution is -0.128. The molecule has 0 fully saturated rings. The number of esters is 1. The fourth-order valence-electron chi connectivity index (χ4n) is 3.61. The summed E-state index contributed by atoms with van der Waals surface area (Å²) in [5, 5.41) is 4.06. The zero-order valence-electron chi connectivity index (χ0n) is 17.0. The zero-order valence-corrected chi connectivity index (χ0v) is 17.0. The molecule has 1 atom stereocenters. The number of anilines is 1. The summed E-state index contributed by atoms with van der Waals surface area (Å²) in [4.78, 5) is 51.3. The average Bonchev–Trinajstić information content (AvgIpc) is 2.78. The van der Waals surface area contributed by atoms with E-state index in [4.69, 9.17) is 4.74 Å². The molecule has 0 radical (unpaired) electrons. The van der Waals surface area contributed by atoms with Gasteiger partial charge in [0, 0.05) is 23.1 Å². The predicted molar refractivity (Wildman–Crippen MR) is 115 cm³/mol. The third-order valence-electron chi connectivity index (χ3n) is 5.14. The van der Waals surface area contributed by atoms with Gasteiger partial charge < -0.3 is 10.1 Å². The summed E-state index contributed by atoms with van der Waals surface area (Å²) in [5.74, 6) is -1.90. The van der Waals surface area contributed by atoms with Crippen LogP contribution in [-0.2, 0) is 9.53 Å². The molecule has 1 aliphatic rings. The number of nitrogens with one attached hydrogen (secondary N) is 1. The Kier molecular flexibility index (Phi) is 5.25. The molecule has 1 N–H and O–H groups in total. The number of nitrogens with zero attached hydrogens (tertiary/aromatic N) is 1. The molecule has 0 unspecified atom stereocenters. The minimum absolute atomic E-state index is 0.208. The average molecular weight is 416 g/mol. The van der Waals surface area contributed by atoms with E-state index in [9.17, 15) is 19.2 Å². The molecule has 0 bridgehead atoms. The van der Waals surface area contributed by atoms with Gasteiger partial charge in [-0.1, -0.05) is 24.3 Å². The van der Waals surface area contributed by atoms with Crippen LogP contribution in [0.2, 0.25) is 0 Å². The summed E-state index contributed by atoms with van der Waals surface area (Å²) in [6.45, 7) is 3.69. The molecule has 0 aliphatic carbocycles. The first kappa shape index (κ1) is 20.3. The molecule has 1 aliphatic heterocycles. The Bertz CT molecular complexity index is 1170. The maximum atomic E-state index is 13.1. The Morgan fingerprint density at radius 1 is 0.935 bits per heavy atom. The molecule has 1 heterocycles. The highest BCUT2D eigenvalue weighted by Gasteiger charge is 2.33. The quantitative estimate of drug-likeness (QED) is 0.509. The van der Waals surface area contributed by atoms with Crippen LogP contribution in [0.15, 0.2) is 60.7 Å². The van der Waals surface area contributed by atoms with Gasteiger partial charge in [-0.25, -0.2) is 9.69 Å². The molecule has 156 valence electrons. The largest absolute Gasteiger partial charge is 0.449 e. The van der Waals surface area contributed by atoms with Gasteiger partial charge in [0.1, 0.15) is 0 Å². The number of hydrogen-bond donors (Lipinski definition) is 1. The number of carbonyl (C=O) groups is 4. The van der Waals surface area contributed by atoms with E-state index in [1.54, 1.807) is 31.2 Å². The first-order chi connectivity index (χ1) is 14.9. The molecule has 7 nitrogen and oxygen atoms in total. The molecule has 4 rings (SSSR count). The molecular weight excluding hydrogens is 396 g/mol. The van der Waals surface area contributed by atoms with Gasteiger partial charge in [0.05, 0.1) is 11.3 Å². The lowest BCUT2D eigenvalue weighted by Crippen LogP contribution is -2.40. The van der Waals surface area contributed by atoms with Crippen molar-refractivity contribution in [2.24, 2.45) is 0 Å². The summed E-state index contributed by atoms with van der Waals surface area (Å²) in [7, 11) is 0. The van der Waals surface area contributed by atoms with Crippen molar-refractivity contribution in [3.63, 3.8) is 0 Å². The van der Waals surface area contributed by atoms with Crippen LogP contribution in [-0.4, -0.2) is 36.3 Å². The Labute approximate surface area is 178 Å². The topological polar surface area (TPSA) is 92.8 Å². The first-order valence-electron chi connectivity index (χ1n) is 9.91. The monoisotopic (exact) mass is 416 g/mol. The molecule has 3 aromatic rings. The Hall–Kier alpha value is -4.00. The Morgan fingerprint density at radius 2 is 1.52 bits per heavy atom. The van der Waals surface area contributed by atoms with Crippen molar-refractivity contribution in [2.45, 2.75) is 20.0 Å². The standard InChI is InChI=1S/C24H20N2O5/c1-3-25-21(27)14(2)31-24(30)16-10-12-17(13-11-16)26-22(28)18-8-4-6-15-7-5-9-19(20(15)18)23(26)29/h4-14H,3H2,1-2H3,(H,25,27)/t14-/m0/s1. The van der Waals surface area contributed by atoms with E-state index in [0.717, 1.165) is 10.3 Å². The summed E-state index contributed by atoms with van der Waals surface area (Å²) < 4.78 is 5.16. The number of hydrogen-bond acceptors (Lipinski definition) is 5. The van der Waals surface area contributed by atoms with Gasteiger partial charge in [0.25, 0.3) is 17.7 Å². The highest BCUT2D eigenvalue weighted by Crippen LogP contribution is 2.32. The Morgan fingerprint density at radius 3 is 2.06 bits per heavy atom. The summed E-state index contributed by atoms with van der Waals surface area (Å²) in [6, 6.07) is 16.6. The molecule has 0 aromatic heterocycles. The van der Waals surface area contributed by atoms with Crippen molar-refractivity contribution in [3.05, 3.63) is 77.4 Å². The SMILES string of the molecule is CCNC(=O)[C@H](C)OC(=O)c1ccc(N2C(=O)c3cccc4cccc(c34)C2=O)cc1. The molecule has 3 aromatic carbocycles. The van der Waals surface area contributed by atoms with Gasteiger partial charge in [0.2, 0.25) is 0 Å². The number of carbonyl (C=O) groups excluding carboxylic acids is 4. The number of likely N-dealkylation sites (N-methyl/N-ethyl adjacent to an activating group) is 1. The van der Waals surface area contributed by atoms with E-state index in [0.29, 0.717) is 28.7 Å². The first-order valence-corrected chi connectivity index (χ1v) is 9.91. The zero-order chi connectivity index (χ0) is 22.1. The molecular formula is C24H20N2O5. The van der Waals surface area contributed by atoms with Crippen LogP contribution >= 0.6 is 0 Å². The fraction of sp³-hybridized carbons (Fsp3) is 0.167. The highest BCUT2D eigenvalue weighted by molar-refractivity contribution is 6.35. The minimum atomic E-state index is -0.936. The van der Waals surface area contributed by atoms with E-state index in [1.165, 1.54) is 31.2 Å². The van der Waals surface area contributed by atoms with Crippen LogP contribution in [0.3, 0.4) is 0 Å². The molecule has 3 amide bonds. The van der Waals surface area contributed by atoms with Crippen molar-refractivity contribution < 1.29 is 23.9 Å². The maximum Gasteiger partial charge on any atom is 0.338 e.